The molecule has 31 heavy (non-hydrogen) atoms. The van der Waals surface area contributed by atoms with Crippen molar-refractivity contribution in [3.8, 4) is 0 Å². The van der Waals surface area contributed by atoms with Gasteiger partial charge in [-0.1, -0.05) is 0 Å². The van der Waals surface area contributed by atoms with Gasteiger partial charge in [-0.05, 0) is 49.4 Å². The first kappa shape index (κ1) is 22.2. The number of carbonyl (C=O) groups excluding carboxylic acids is 1. The molecule has 1 amide bonds. The molecule has 162 valence electrons. The van der Waals surface area contributed by atoms with Crippen molar-refractivity contribution >= 4 is 55.6 Å². The van der Waals surface area contributed by atoms with E-state index in [9.17, 15) is 18.0 Å². The quantitative estimate of drug-likeness (QED) is 0.289. The highest BCUT2D eigenvalue weighted by atomic mass is 35.5. The Kier molecular flexibility index (Phi) is 6.27. The van der Waals surface area contributed by atoms with Gasteiger partial charge in [0.05, 0.1) is 27.4 Å². The van der Waals surface area contributed by atoms with Gasteiger partial charge in [-0.15, -0.1) is 11.6 Å². The van der Waals surface area contributed by atoms with Crippen LogP contribution in [0.3, 0.4) is 0 Å². The Labute approximate surface area is 182 Å². The van der Waals surface area contributed by atoms with Crippen molar-refractivity contribution < 1.29 is 13.2 Å². The third-order valence-electron chi connectivity index (χ3n) is 4.13. The Balaban J connectivity index is 2.01. The summed E-state index contributed by atoms with van der Waals surface area (Å²) in [6, 6.07) is 10.2. The molecule has 12 heteroatoms. The van der Waals surface area contributed by atoms with Crippen LogP contribution in [-0.4, -0.2) is 35.7 Å². The molecule has 0 aliphatic heterocycles. The lowest BCUT2D eigenvalue weighted by atomic mass is 10.2. The summed E-state index contributed by atoms with van der Waals surface area (Å²) in [6.07, 6.45) is 0. The van der Waals surface area contributed by atoms with Crippen LogP contribution in [0.5, 0.6) is 0 Å². The van der Waals surface area contributed by atoms with E-state index in [2.05, 4.69) is 20.1 Å². The van der Waals surface area contributed by atoms with Gasteiger partial charge in [0.25, 0.3) is 15.6 Å². The Morgan fingerprint density at radius 1 is 1.23 bits per heavy atom. The van der Waals surface area contributed by atoms with E-state index in [1.165, 1.54) is 44.2 Å². The first-order valence-corrected chi connectivity index (χ1v) is 11.0. The highest BCUT2D eigenvalue weighted by molar-refractivity contribution is 7.92. The third-order valence-corrected chi connectivity index (χ3v) is 5.72. The Morgan fingerprint density at radius 3 is 2.52 bits per heavy atom. The van der Waals surface area contributed by atoms with Crippen molar-refractivity contribution in [2.75, 3.05) is 16.0 Å². The van der Waals surface area contributed by atoms with Crippen molar-refractivity contribution in [1.82, 2.24) is 9.66 Å². The lowest BCUT2D eigenvalue weighted by Gasteiger charge is -2.14. The van der Waals surface area contributed by atoms with Crippen LogP contribution in [0.1, 0.15) is 12.7 Å². The molecule has 0 spiro atoms. The number of rotatable bonds is 6. The van der Waals surface area contributed by atoms with Crippen molar-refractivity contribution in [2.45, 2.75) is 18.7 Å². The number of nitrogens with one attached hydrogen (secondary N) is 2. The fourth-order valence-electron chi connectivity index (χ4n) is 2.75. The number of amides is 1. The largest absolute Gasteiger partial charge is 0.386 e. The van der Waals surface area contributed by atoms with Gasteiger partial charge in [-0.3, -0.25) is 9.59 Å². The van der Waals surface area contributed by atoms with Gasteiger partial charge in [-0.2, -0.15) is 13.1 Å². The number of sulfonamides is 1. The number of alkyl halides is 1. The molecule has 3 aromatic rings. The number of nitrogens with two attached hydrogens (primary N) is 1. The summed E-state index contributed by atoms with van der Waals surface area (Å²) in [4.78, 5) is 34.6. The lowest BCUT2D eigenvalue weighted by molar-refractivity contribution is -0.114. The average molecular weight is 463 g/mol. The number of halogens is 1. The van der Waals surface area contributed by atoms with Crippen molar-refractivity contribution in [1.29, 1.82) is 0 Å². The number of benzene rings is 2. The van der Waals surface area contributed by atoms with E-state index in [1.807, 2.05) is 0 Å². The van der Waals surface area contributed by atoms with Crippen LogP contribution in [0.2, 0.25) is 0 Å². The van der Waals surface area contributed by atoms with Crippen LogP contribution in [0.15, 0.2) is 57.1 Å². The molecule has 0 saturated carbocycles. The fraction of sp³-hybridized carbons (Fsp3) is 0.158. The van der Waals surface area contributed by atoms with Gasteiger partial charge in [-0.25, -0.2) is 14.8 Å². The smallest absolute Gasteiger partial charge is 0.280 e. The van der Waals surface area contributed by atoms with E-state index in [0.29, 0.717) is 16.9 Å². The van der Waals surface area contributed by atoms with E-state index >= 15 is 0 Å². The van der Waals surface area contributed by atoms with Gasteiger partial charge in [0.15, 0.2) is 0 Å². The first-order valence-electron chi connectivity index (χ1n) is 8.93. The molecule has 0 atom stereocenters. The molecular formula is C19H19ClN6O4S. The van der Waals surface area contributed by atoms with Gasteiger partial charge < -0.3 is 11.1 Å². The van der Waals surface area contributed by atoms with Gasteiger partial charge in [0.2, 0.25) is 5.91 Å². The number of aliphatic imine (C=N–C) groups is 1. The number of hydrogen-bond donors (Lipinski definition) is 3. The molecule has 0 aliphatic rings. The van der Waals surface area contributed by atoms with E-state index in [1.54, 1.807) is 12.1 Å². The Morgan fingerprint density at radius 2 is 1.90 bits per heavy atom. The van der Waals surface area contributed by atoms with Crippen molar-refractivity contribution in [3.05, 3.63) is 58.6 Å². The number of fused-ring (bicyclic) bond motifs is 1. The topological polar surface area (TPSA) is 149 Å². The zero-order valence-electron chi connectivity index (χ0n) is 16.6. The van der Waals surface area contributed by atoms with E-state index in [4.69, 9.17) is 17.3 Å². The molecule has 4 N–H and O–H groups in total. The normalized spacial score (nSPS) is 12.0. The maximum Gasteiger partial charge on any atom is 0.280 e. The SMILES string of the molecule is CC(=O)Nc1ccc(S(=O)(=O)Nn2c(C)nc3ccc(N=C(N)CCl)cc3c2=O)cc1. The van der Waals surface area contributed by atoms with Gasteiger partial charge in [0.1, 0.15) is 11.7 Å². The number of nitrogens with zero attached hydrogens (tertiary/aromatic N) is 3. The summed E-state index contributed by atoms with van der Waals surface area (Å²) in [5.74, 6) is 0.0570. The predicted octanol–water partition coefficient (Wildman–Crippen LogP) is 1.82. The lowest BCUT2D eigenvalue weighted by Crippen LogP contribution is -2.35. The molecule has 3 rings (SSSR count). The van der Waals surface area contributed by atoms with Crippen molar-refractivity contribution in [2.24, 2.45) is 10.7 Å². The van der Waals surface area contributed by atoms with Crippen LogP contribution in [0, 0.1) is 6.92 Å². The zero-order chi connectivity index (χ0) is 22.8. The second-order valence-corrected chi connectivity index (χ2v) is 8.47. The van der Waals surface area contributed by atoms with Crippen LogP contribution < -0.4 is 21.4 Å². The maximum atomic E-state index is 13.0. The zero-order valence-corrected chi connectivity index (χ0v) is 18.2. The number of anilines is 1. The molecule has 0 unspecified atom stereocenters. The molecule has 0 bridgehead atoms. The van der Waals surface area contributed by atoms with E-state index in [0.717, 1.165) is 4.68 Å². The molecule has 0 aliphatic carbocycles. The number of aromatic nitrogens is 2. The van der Waals surface area contributed by atoms with Gasteiger partial charge in [0, 0.05) is 12.6 Å². The molecule has 1 aromatic heterocycles. The number of aryl methyl sites for hydroxylation is 1. The summed E-state index contributed by atoms with van der Waals surface area (Å²) in [5.41, 5.74) is 6.21. The third kappa shape index (κ3) is 5.01. The Bertz CT molecular complexity index is 1350. The molecule has 0 saturated heterocycles. The first-order chi connectivity index (χ1) is 14.6. The Hall–Kier alpha value is -3.44. The van der Waals surface area contributed by atoms with Crippen LogP contribution in [0.25, 0.3) is 10.9 Å². The molecule has 10 nitrogen and oxygen atoms in total. The minimum absolute atomic E-state index is 0.0228. The second kappa shape index (κ2) is 8.74. The van der Waals surface area contributed by atoms with Gasteiger partial charge >= 0.3 is 0 Å². The van der Waals surface area contributed by atoms with E-state index in [-0.39, 0.29) is 33.7 Å². The minimum Gasteiger partial charge on any atom is -0.386 e. The molecule has 2 aromatic carbocycles. The second-order valence-electron chi connectivity index (χ2n) is 6.54. The predicted molar refractivity (Wildman–Crippen MR) is 120 cm³/mol. The molecule has 0 radical (unpaired) electrons. The summed E-state index contributed by atoms with van der Waals surface area (Å²) in [5, 5.41) is 2.70. The highest BCUT2D eigenvalue weighted by Gasteiger charge is 2.18. The number of amidine groups is 1. The van der Waals surface area contributed by atoms with E-state index < -0.39 is 15.6 Å². The van der Waals surface area contributed by atoms with Crippen LogP contribution in [-0.2, 0) is 14.8 Å². The summed E-state index contributed by atoms with van der Waals surface area (Å²) in [7, 11) is -4.11. The standard InChI is InChI=1S/C19H19ClN6O4S/c1-11-22-17-8-5-14(24-18(21)10-20)9-16(17)19(28)26(11)25-31(29,30)15-6-3-13(4-7-15)23-12(2)27/h3-9,25H,10H2,1-2H3,(H2,21,24)(H,23,27). The monoisotopic (exact) mass is 462 g/mol. The minimum atomic E-state index is -4.11. The summed E-state index contributed by atoms with van der Waals surface area (Å²) in [6.45, 7) is 2.84. The van der Waals surface area contributed by atoms with Crippen LogP contribution in [0.4, 0.5) is 11.4 Å². The average Bonchev–Trinajstić information content (AvgIpc) is 2.71. The number of hydrogen-bond acceptors (Lipinski definition) is 6. The molecule has 1 heterocycles. The summed E-state index contributed by atoms with van der Waals surface area (Å²) < 4.78 is 26.4. The van der Waals surface area contributed by atoms with Crippen molar-refractivity contribution in [3.63, 3.8) is 0 Å². The molecular weight excluding hydrogens is 444 g/mol. The molecule has 0 fully saturated rings. The highest BCUT2D eigenvalue weighted by Crippen LogP contribution is 2.19. The fourth-order valence-corrected chi connectivity index (χ4v) is 3.87. The summed E-state index contributed by atoms with van der Waals surface area (Å²) >= 11 is 5.63. The van der Waals surface area contributed by atoms with Crippen LogP contribution >= 0.6 is 11.6 Å². The number of carbonyl (C=O) groups is 1. The maximum absolute atomic E-state index is 13.0.